The van der Waals surface area contributed by atoms with Crippen molar-refractivity contribution in [1.29, 1.82) is 0 Å². The van der Waals surface area contributed by atoms with Gasteiger partial charge >= 0.3 is 0 Å². The highest BCUT2D eigenvalue weighted by atomic mass is 32.2. The van der Waals surface area contributed by atoms with Gasteiger partial charge in [0.2, 0.25) is 0 Å². The lowest BCUT2D eigenvalue weighted by atomic mass is 10.0. The summed E-state index contributed by atoms with van der Waals surface area (Å²) >= 11 is 0. The Bertz CT molecular complexity index is 944. The summed E-state index contributed by atoms with van der Waals surface area (Å²) in [7, 11) is -3.38. The highest BCUT2D eigenvalue weighted by Gasteiger charge is 2.47. The van der Waals surface area contributed by atoms with Crippen molar-refractivity contribution in [3.8, 4) is 5.75 Å². The quantitative estimate of drug-likeness (QED) is 0.769. The number of amides is 1. The fourth-order valence-electron chi connectivity index (χ4n) is 4.58. The number of piperidine rings is 1. The molecule has 2 aliphatic heterocycles. The van der Waals surface area contributed by atoms with Crippen LogP contribution in [-0.4, -0.2) is 43.2 Å². The molecule has 2 fully saturated rings. The standard InChI is InChI=1S/C22H25NO4S/c1-2-27-21-11-7-6-10-20(21)22(24)23-16-12-13-17(23)15-19(14-16)28(25,26)18-8-4-3-5-9-18/h3-11,16-17,19H,2,12-15H2,1H3. The lowest BCUT2D eigenvalue weighted by Gasteiger charge is -2.39. The normalized spacial score (nSPS) is 24.2. The van der Waals surface area contributed by atoms with Gasteiger partial charge in [0.15, 0.2) is 9.84 Å². The molecule has 2 atom stereocenters. The molecule has 0 aliphatic carbocycles. The molecular formula is C22H25NO4S. The van der Waals surface area contributed by atoms with Gasteiger partial charge in [-0.1, -0.05) is 30.3 Å². The first kappa shape index (κ1) is 19.0. The van der Waals surface area contributed by atoms with E-state index in [0.717, 1.165) is 12.8 Å². The average Bonchev–Trinajstić information content (AvgIpc) is 2.97. The summed E-state index contributed by atoms with van der Waals surface area (Å²) < 4.78 is 31.8. The molecule has 4 rings (SSSR count). The number of sulfone groups is 1. The third kappa shape index (κ3) is 3.30. The third-order valence-electron chi connectivity index (χ3n) is 5.85. The van der Waals surface area contributed by atoms with Crippen molar-refractivity contribution in [2.45, 2.75) is 54.8 Å². The summed E-state index contributed by atoms with van der Waals surface area (Å²) in [5.41, 5.74) is 0.561. The molecule has 2 aromatic carbocycles. The molecule has 0 saturated carbocycles. The molecule has 5 nitrogen and oxygen atoms in total. The molecule has 0 spiro atoms. The van der Waals surface area contributed by atoms with Crippen LogP contribution in [0, 0.1) is 0 Å². The van der Waals surface area contributed by atoms with Gasteiger partial charge < -0.3 is 9.64 Å². The molecule has 1 amide bonds. The molecule has 2 heterocycles. The zero-order chi connectivity index (χ0) is 19.7. The van der Waals surface area contributed by atoms with Gasteiger partial charge in [0.1, 0.15) is 5.75 Å². The van der Waals surface area contributed by atoms with Crippen LogP contribution in [-0.2, 0) is 9.84 Å². The van der Waals surface area contributed by atoms with Crippen molar-refractivity contribution >= 4 is 15.7 Å². The van der Waals surface area contributed by atoms with Crippen LogP contribution in [0.5, 0.6) is 5.75 Å². The van der Waals surface area contributed by atoms with Crippen LogP contribution >= 0.6 is 0 Å². The minimum Gasteiger partial charge on any atom is -0.493 e. The number of benzene rings is 2. The molecular weight excluding hydrogens is 374 g/mol. The van der Waals surface area contributed by atoms with E-state index in [0.29, 0.717) is 35.7 Å². The van der Waals surface area contributed by atoms with Gasteiger partial charge in [-0.25, -0.2) is 8.42 Å². The Kier molecular flexibility index (Phi) is 5.15. The Balaban J connectivity index is 1.58. The van der Waals surface area contributed by atoms with Crippen molar-refractivity contribution in [2.24, 2.45) is 0 Å². The van der Waals surface area contributed by atoms with Crippen LogP contribution in [0.2, 0.25) is 0 Å². The van der Waals surface area contributed by atoms with E-state index in [9.17, 15) is 13.2 Å². The summed E-state index contributed by atoms with van der Waals surface area (Å²) in [6.07, 6.45) is 2.70. The Labute approximate surface area is 166 Å². The second kappa shape index (κ2) is 7.59. The monoisotopic (exact) mass is 399 g/mol. The molecule has 2 saturated heterocycles. The molecule has 28 heavy (non-hydrogen) atoms. The molecule has 2 unspecified atom stereocenters. The van der Waals surface area contributed by atoms with Gasteiger partial charge in [0.25, 0.3) is 5.91 Å². The van der Waals surface area contributed by atoms with Crippen LogP contribution < -0.4 is 4.74 Å². The molecule has 2 aromatic rings. The minimum absolute atomic E-state index is 0.0376. The summed E-state index contributed by atoms with van der Waals surface area (Å²) in [4.78, 5) is 15.6. The van der Waals surface area contributed by atoms with Gasteiger partial charge in [-0.15, -0.1) is 0 Å². The van der Waals surface area contributed by atoms with Crippen LogP contribution in [0.3, 0.4) is 0 Å². The first-order chi connectivity index (χ1) is 13.5. The summed E-state index contributed by atoms with van der Waals surface area (Å²) in [5, 5.41) is -0.432. The number of hydrogen-bond donors (Lipinski definition) is 0. The fourth-order valence-corrected chi connectivity index (χ4v) is 6.45. The number of fused-ring (bicyclic) bond motifs is 2. The number of ether oxygens (including phenoxy) is 1. The van der Waals surface area contributed by atoms with E-state index in [2.05, 4.69) is 0 Å². The molecule has 148 valence electrons. The van der Waals surface area contributed by atoms with Crippen LogP contribution in [0.15, 0.2) is 59.5 Å². The van der Waals surface area contributed by atoms with Crippen molar-refractivity contribution in [3.63, 3.8) is 0 Å². The zero-order valence-electron chi connectivity index (χ0n) is 16.0. The Morgan fingerprint density at radius 1 is 1.00 bits per heavy atom. The van der Waals surface area contributed by atoms with E-state index in [1.54, 1.807) is 30.3 Å². The first-order valence-electron chi connectivity index (χ1n) is 9.85. The van der Waals surface area contributed by atoms with Crippen molar-refractivity contribution in [1.82, 2.24) is 4.90 Å². The van der Waals surface area contributed by atoms with Crippen LogP contribution in [0.25, 0.3) is 0 Å². The maximum atomic E-state index is 13.3. The van der Waals surface area contributed by atoms with Crippen molar-refractivity contribution in [2.75, 3.05) is 6.61 Å². The Morgan fingerprint density at radius 2 is 1.61 bits per heavy atom. The minimum atomic E-state index is -3.38. The smallest absolute Gasteiger partial charge is 0.258 e. The number of rotatable bonds is 5. The number of carbonyl (C=O) groups is 1. The Morgan fingerprint density at radius 3 is 2.25 bits per heavy atom. The second-order valence-corrected chi connectivity index (χ2v) is 9.71. The average molecular weight is 400 g/mol. The Hall–Kier alpha value is -2.34. The van der Waals surface area contributed by atoms with Gasteiger partial charge in [-0.05, 0) is 56.9 Å². The number of para-hydroxylation sites is 1. The number of nitrogens with zero attached hydrogens (tertiary/aromatic N) is 1. The van der Waals surface area contributed by atoms with Crippen LogP contribution in [0.4, 0.5) is 0 Å². The maximum Gasteiger partial charge on any atom is 0.258 e. The fraction of sp³-hybridized carbons (Fsp3) is 0.409. The first-order valence-corrected chi connectivity index (χ1v) is 11.4. The molecule has 0 radical (unpaired) electrons. The predicted molar refractivity (Wildman–Crippen MR) is 107 cm³/mol. The van der Waals surface area contributed by atoms with E-state index in [4.69, 9.17) is 4.74 Å². The van der Waals surface area contributed by atoms with E-state index in [1.807, 2.05) is 36.1 Å². The molecule has 2 bridgehead atoms. The van der Waals surface area contributed by atoms with Gasteiger partial charge in [-0.3, -0.25) is 4.79 Å². The number of hydrogen-bond acceptors (Lipinski definition) is 4. The highest BCUT2D eigenvalue weighted by Crippen LogP contribution is 2.41. The highest BCUT2D eigenvalue weighted by molar-refractivity contribution is 7.92. The van der Waals surface area contributed by atoms with E-state index >= 15 is 0 Å². The van der Waals surface area contributed by atoms with Crippen molar-refractivity contribution in [3.05, 3.63) is 60.2 Å². The van der Waals surface area contributed by atoms with E-state index in [1.165, 1.54) is 0 Å². The topological polar surface area (TPSA) is 63.7 Å². The lowest BCUT2D eigenvalue weighted by molar-refractivity contribution is 0.0594. The maximum absolute atomic E-state index is 13.3. The van der Waals surface area contributed by atoms with E-state index in [-0.39, 0.29) is 18.0 Å². The van der Waals surface area contributed by atoms with Crippen molar-refractivity contribution < 1.29 is 17.9 Å². The summed E-state index contributed by atoms with van der Waals surface area (Å²) in [5.74, 6) is 0.542. The second-order valence-electron chi connectivity index (χ2n) is 7.48. The molecule has 6 heteroatoms. The largest absolute Gasteiger partial charge is 0.493 e. The molecule has 0 aromatic heterocycles. The molecule has 0 N–H and O–H groups in total. The summed E-state index contributed by atoms with van der Waals surface area (Å²) in [6.45, 7) is 2.39. The van der Waals surface area contributed by atoms with E-state index < -0.39 is 15.1 Å². The summed E-state index contributed by atoms with van der Waals surface area (Å²) in [6, 6.07) is 15.9. The third-order valence-corrected chi connectivity index (χ3v) is 8.04. The lowest BCUT2D eigenvalue weighted by Crippen LogP contribution is -2.49. The SMILES string of the molecule is CCOc1ccccc1C(=O)N1C2CCC1CC(S(=O)(=O)c1ccccc1)C2. The van der Waals surface area contributed by atoms with Gasteiger partial charge in [0, 0.05) is 12.1 Å². The zero-order valence-corrected chi connectivity index (χ0v) is 16.8. The van der Waals surface area contributed by atoms with Gasteiger partial charge in [-0.2, -0.15) is 0 Å². The predicted octanol–water partition coefficient (Wildman–Crippen LogP) is 3.69. The molecule has 2 aliphatic rings. The van der Waals surface area contributed by atoms with Crippen LogP contribution in [0.1, 0.15) is 43.0 Å². The number of carbonyl (C=O) groups excluding carboxylic acids is 1. The van der Waals surface area contributed by atoms with Gasteiger partial charge in [0.05, 0.1) is 22.3 Å².